The normalized spacial score (nSPS) is 10.8. The van der Waals surface area contributed by atoms with Crippen LogP contribution in [0.5, 0.6) is 5.75 Å². The molecule has 106 valence electrons. The summed E-state index contributed by atoms with van der Waals surface area (Å²) in [5.74, 6) is 0.778. The molecule has 1 N–H and O–H groups in total. The van der Waals surface area contributed by atoms with Crippen LogP contribution >= 0.6 is 15.9 Å². The quantitative estimate of drug-likeness (QED) is 0.746. The first-order chi connectivity index (χ1) is 10.3. The molecule has 0 spiro atoms. The van der Waals surface area contributed by atoms with Crippen LogP contribution in [0.25, 0.3) is 10.8 Å². The fourth-order valence-corrected chi connectivity index (χ4v) is 2.79. The summed E-state index contributed by atoms with van der Waals surface area (Å²) in [7, 11) is 0. The number of benzene rings is 3. The van der Waals surface area contributed by atoms with E-state index in [1.165, 1.54) is 10.8 Å². The van der Waals surface area contributed by atoms with Gasteiger partial charge in [-0.3, -0.25) is 0 Å². The Morgan fingerprint density at radius 2 is 1.62 bits per heavy atom. The monoisotopic (exact) mass is 342 g/mol. The molecule has 0 aliphatic heterocycles. The maximum Gasteiger partial charge on any atom is 0.134 e. The lowest BCUT2D eigenvalue weighted by molar-refractivity contribution is 0.280. The second-order valence-electron chi connectivity index (χ2n) is 4.89. The summed E-state index contributed by atoms with van der Waals surface area (Å²) in [6.45, 7) is 0.547. The van der Waals surface area contributed by atoms with Crippen molar-refractivity contribution < 1.29 is 9.84 Å². The first kappa shape index (κ1) is 14.1. The lowest BCUT2D eigenvalue weighted by Gasteiger charge is -2.10. The van der Waals surface area contributed by atoms with E-state index in [2.05, 4.69) is 46.3 Å². The van der Waals surface area contributed by atoms with Crippen LogP contribution in [0.1, 0.15) is 11.1 Å². The van der Waals surface area contributed by atoms with Gasteiger partial charge in [0, 0.05) is 0 Å². The zero-order valence-corrected chi connectivity index (χ0v) is 13.0. The number of ether oxygens (including phenoxy) is 1. The molecular weight excluding hydrogens is 328 g/mol. The first-order valence-electron chi connectivity index (χ1n) is 6.76. The molecular formula is C18H15BrO2. The molecule has 0 aromatic heterocycles. The molecule has 3 heteroatoms. The summed E-state index contributed by atoms with van der Waals surface area (Å²) in [6.07, 6.45) is 0. The van der Waals surface area contributed by atoms with E-state index in [1.54, 1.807) is 0 Å². The van der Waals surface area contributed by atoms with Crippen LogP contribution in [0, 0.1) is 0 Å². The number of hydrogen-bond acceptors (Lipinski definition) is 2. The Hall–Kier alpha value is -1.84. The minimum absolute atomic E-state index is 0.0313. The number of halogens is 1. The zero-order valence-electron chi connectivity index (χ0n) is 11.4. The molecule has 0 heterocycles. The third-order valence-corrected chi connectivity index (χ3v) is 4.01. The van der Waals surface area contributed by atoms with E-state index in [1.807, 2.05) is 30.3 Å². The van der Waals surface area contributed by atoms with Gasteiger partial charge in [-0.15, -0.1) is 0 Å². The predicted molar refractivity (Wildman–Crippen MR) is 88.3 cm³/mol. The summed E-state index contributed by atoms with van der Waals surface area (Å²) in [5.41, 5.74) is 1.99. The number of rotatable bonds is 4. The van der Waals surface area contributed by atoms with Crippen molar-refractivity contribution in [3.8, 4) is 5.75 Å². The maximum atomic E-state index is 9.10. The van der Waals surface area contributed by atoms with Crippen LogP contribution in [0.3, 0.4) is 0 Å². The lowest BCUT2D eigenvalue weighted by Crippen LogP contribution is -1.96. The average molecular weight is 343 g/mol. The van der Waals surface area contributed by atoms with Crippen LogP contribution < -0.4 is 4.74 Å². The van der Waals surface area contributed by atoms with E-state index in [0.29, 0.717) is 6.61 Å². The minimum Gasteiger partial charge on any atom is -0.488 e. The van der Waals surface area contributed by atoms with Crippen molar-refractivity contribution in [2.75, 3.05) is 0 Å². The molecule has 0 amide bonds. The molecule has 0 atom stereocenters. The molecule has 3 rings (SSSR count). The Bertz CT molecular complexity index is 768. The third kappa shape index (κ3) is 3.26. The molecule has 3 aromatic carbocycles. The molecule has 0 aliphatic carbocycles. The van der Waals surface area contributed by atoms with Crippen molar-refractivity contribution in [2.24, 2.45) is 0 Å². The summed E-state index contributed by atoms with van der Waals surface area (Å²) in [6, 6.07) is 20.2. The predicted octanol–water partition coefficient (Wildman–Crippen LogP) is 4.67. The molecule has 0 radical (unpaired) electrons. The van der Waals surface area contributed by atoms with Gasteiger partial charge in [0.2, 0.25) is 0 Å². The van der Waals surface area contributed by atoms with Gasteiger partial charge in [0.15, 0.2) is 0 Å². The van der Waals surface area contributed by atoms with Gasteiger partial charge in [0.1, 0.15) is 12.4 Å². The topological polar surface area (TPSA) is 29.5 Å². The second-order valence-corrected chi connectivity index (χ2v) is 5.75. The van der Waals surface area contributed by atoms with Crippen molar-refractivity contribution in [2.45, 2.75) is 13.2 Å². The van der Waals surface area contributed by atoms with Crippen LogP contribution in [0.4, 0.5) is 0 Å². The molecule has 0 saturated carbocycles. The van der Waals surface area contributed by atoms with Gasteiger partial charge >= 0.3 is 0 Å². The highest BCUT2D eigenvalue weighted by atomic mass is 79.9. The van der Waals surface area contributed by atoms with Crippen molar-refractivity contribution in [1.82, 2.24) is 0 Å². The van der Waals surface area contributed by atoms with Crippen LogP contribution in [0.2, 0.25) is 0 Å². The number of aliphatic hydroxyl groups excluding tert-OH is 1. The first-order valence-corrected chi connectivity index (χ1v) is 7.55. The van der Waals surface area contributed by atoms with Gasteiger partial charge in [0.25, 0.3) is 0 Å². The maximum absolute atomic E-state index is 9.10. The molecule has 0 aliphatic rings. The van der Waals surface area contributed by atoms with E-state index in [4.69, 9.17) is 9.84 Å². The zero-order chi connectivity index (χ0) is 14.7. The molecule has 2 nitrogen and oxygen atoms in total. The molecule has 0 unspecified atom stereocenters. The fraction of sp³-hybridized carbons (Fsp3) is 0.111. The van der Waals surface area contributed by atoms with Gasteiger partial charge in [-0.25, -0.2) is 0 Å². The average Bonchev–Trinajstić information content (AvgIpc) is 2.53. The van der Waals surface area contributed by atoms with Gasteiger partial charge in [0.05, 0.1) is 11.1 Å². The van der Waals surface area contributed by atoms with Crippen molar-refractivity contribution in [1.29, 1.82) is 0 Å². The van der Waals surface area contributed by atoms with Gasteiger partial charge < -0.3 is 9.84 Å². The molecule has 0 saturated heterocycles. The Morgan fingerprint density at radius 1 is 0.857 bits per heavy atom. The number of fused-ring (bicyclic) bond motifs is 1. The SMILES string of the molecule is OCc1ccc(OCc2ccc3ccccc3c2)c(Br)c1. The smallest absolute Gasteiger partial charge is 0.134 e. The highest BCUT2D eigenvalue weighted by molar-refractivity contribution is 9.10. The van der Waals surface area contributed by atoms with E-state index >= 15 is 0 Å². The Labute approximate surface area is 132 Å². The van der Waals surface area contributed by atoms with Crippen molar-refractivity contribution >= 4 is 26.7 Å². The van der Waals surface area contributed by atoms with Crippen molar-refractivity contribution in [3.05, 3.63) is 76.3 Å². The largest absolute Gasteiger partial charge is 0.488 e. The summed E-state index contributed by atoms with van der Waals surface area (Å²) in [4.78, 5) is 0. The molecule has 21 heavy (non-hydrogen) atoms. The standard InChI is InChI=1S/C18H15BrO2/c19-17-10-13(11-20)6-8-18(17)21-12-14-5-7-15-3-1-2-4-16(15)9-14/h1-10,20H,11-12H2. The van der Waals surface area contributed by atoms with Gasteiger partial charge in [-0.1, -0.05) is 42.5 Å². The van der Waals surface area contributed by atoms with Gasteiger partial charge in [-0.2, -0.15) is 0 Å². The van der Waals surface area contributed by atoms with Crippen LogP contribution in [-0.2, 0) is 13.2 Å². The summed E-state index contributed by atoms with van der Waals surface area (Å²) >= 11 is 3.47. The Morgan fingerprint density at radius 3 is 2.38 bits per heavy atom. The molecule has 0 bridgehead atoms. The molecule has 0 fully saturated rings. The highest BCUT2D eigenvalue weighted by Crippen LogP contribution is 2.27. The van der Waals surface area contributed by atoms with Crippen LogP contribution in [0.15, 0.2) is 65.1 Å². The van der Waals surface area contributed by atoms with E-state index in [0.717, 1.165) is 21.3 Å². The minimum atomic E-state index is 0.0313. The number of hydrogen-bond donors (Lipinski definition) is 1. The van der Waals surface area contributed by atoms with Crippen molar-refractivity contribution in [3.63, 3.8) is 0 Å². The second kappa shape index (κ2) is 6.29. The van der Waals surface area contributed by atoms with Gasteiger partial charge in [-0.05, 0) is 56.0 Å². The van der Waals surface area contributed by atoms with E-state index in [-0.39, 0.29) is 6.61 Å². The summed E-state index contributed by atoms with van der Waals surface area (Å²) < 4.78 is 6.70. The third-order valence-electron chi connectivity index (χ3n) is 3.39. The van der Waals surface area contributed by atoms with E-state index in [9.17, 15) is 0 Å². The Balaban J connectivity index is 1.77. The fourth-order valence-electron chi connectivity index (χ4n) is 2.25. The number of aliphatic hydroxyl groups is 1. The molecule has 3 aromatic rings. The summed E-state index contributed by atoms with van der Waals surface area (Å²) in [5, 5.41) is 11.5. The Kier molecular flexibility index (Phi) is 4.23. The highest BCUT2D eigenvalue weighted by Gasteiger charge is 2.03. The van der Waals surface area contributed by atoms with E-state index < -0.39 is 0 Å². The van der Waals surface area contributed by atoms with Crippen LogP contribution in [-0.4, -0.2) is 5.11 Å². The lowest BCUT2D eigenvalue weighted by atomic mass is 10.1.